The first kappa shape index (κ1) is 8.81. The van der Waals surface area contributed by atoms with Crippen LogP contribution in [0.1, 0.15) is 18.1 Å². The highest BCUT2D eigenvalue weighted by Gasteiger charge is 2.18. The number of ether oxygens (including phenoxy) is 1. The van der Waals surface area contributed by atoms with Crippen LogP contribution in [0.15, 0.2) is 36.6 Å². The summed E-state index contributed by atoms with van der Waals surface area (Å²) in [7, 11) is 0. The first-order chi connectivity index (χ1) is 6.75. The van der Waals surface area contributed by atoms with Gasteiger partial charge < -0.3 is 9.84 Å². The van der Waals surface area contributed by atoms with Crippen LogP contribution in [0.25, 0.3) is 0 Å². The number of hydrogen-bond donors (Lipinski definition) is 1. The van der Waals surface area contributed by atoms with E-state index < -0.39 is 0 Å². The number of rotatable bonds is 1. The molecule has 0 bridgehead atoms. The van der Waals surface area contributed by atoms with Crippen molar-refractivity contribution in [1.82, 2.24) is 0 Å². The van der Waals surface area contributed by atoms with Gasteiger partial charge in [-0.15, -0.1) is 0 Å². The van der Waals surface area contributed by atoms with Crippen molar-refractivity contribution < 1.29 is 14.6 Å². The summed E-state index contributed by atoms with van der Waals surface area (Å²) < 4.78 is 5.29. The Morgan fingerprint density at radius 3 is 2.64 bits per heavy atom. The van der Waals surface area contributed by atoms with Gasteiger partial charge in [-0.3, -0.25) is 4.79 Å². The third kappa shape index (κ3) is 1.76. The topological polar surface area (TPSA) is 46.5 Å². The molecule has 1 atom stereocenters. The van der Waals surface area contributed by atoms with Crippen molar-refractivity contribution in [2.24, 2.45) is 0 Å². The summed E-state index contributed by atoms with van der Waals surface area (Å²) in [6, 6.07) is 6.68. The quantitative estimate of drug-likeness (QED) is 0.736. The molecule has 1 N–H and O–H groups in total. The van der Waals surface area contributed by atoms with E-state index in [-0.39, 0.29) is 17.6 Å². The molecule has 3 heteroatoms. The zero-order chi connectivity index (χ0) is 9.97. The van der Waals surface area contributed by atoms with E-state index >= 15 is 0 Å². The molecule has 1 aliphatic heterocycles. The van der Waals surface area contributed by atoms with Crippen LogP contribution in [0.4, 0.5) is 0 Å². The van der Waals surface area contributed by atoms with Gasteiger partial charge in [0.15, 0.2) is 5.78 Å². The molecule has 1 unspecified atom stereocenters. The second kappa shape index (κ2) is 3.54. The molecule has 1 aliphatic rings. The zero-order valence-electron chi connectivity index (χ0n) is 7.51. The van der Waals surface area contributed by atoms with Crippen molar-refractivity contribution in [3.8, 4) is 5.75 Å². The fraction of sp³-hybridized carbons (Fsp3) is 0.182. The average molecular weight is 190 g/mol. The standard InChI is InChI=1S/C11H10O3/c12-9-3-1-8(2-4-9)11-7-10(13)5-6-14-11/h1-6,11-12H,7H2. The molecule has 1 heterocycles. The second-order valence-electron chi connectivity index (χ2n) is 3.19. The maximum Gasteiger partial charge on any atom is 0.162 e. The summed E-state index contributed by atoms with van der Waals surface area (Å²) in [6.45, 7) is 0. The summed E-state index contributed by atoms with van der Waals surface area (Å²) >= 11 is 0. The first-order valence-corrected chi connectivity index (χ1v) is 4.39. The van der Waals surface area contributed by atoms with Crippen LogP contribution in [-0.4, -0.2) is 10.9 Å². The Balaban J connectivity index is 2.19. The Labute approximate surface area is 81.6 Å². The third-order valence-electron chi connectivity index (χ3n) is 2.15. The molecular formula is C11H10O3. The molecule has 1 aromatic rings. The average Bonchev–Trinajstić information content (AvgIpc) is 2.19. The van der Waals surface area contributed by atoms with E-state index in [0.29, 0.717) is 6.42 Å². The van der Waals surface area contributed by atoms with Crippen LogP contribution in [0, 0.1) is 0 Å². The Hall–Kier alpha value is -1.77. The van der Waals surface area contributed by atoms with E-state index in [4.69, 9.17) is 9.84 Å². The van der Waals surface area contributed by atoms with Gasteiger partial charge in [-0.25, -0.2) is 0 Å². The maximum absolute atomic E-state index is 11.1. The normalized spacial score (nSPS) is 20.6. The van der Waals surface area contributed by atoms with E-state index in [9.17, 15) is 4.79 Å². The van der Waals surface area contributed by atoms with Gasteiger partial charge in [0, 0.05) is 6.08 Å². The van der Waals surface area contributed by atoms with Gasteiger partial charge in [0.25, 0.3) is 0 Å². The Morgan fingerprint density at radius 1 is 1.29 bits per heavy atom. The maximum atomic E-state index is 11.1. The number of ketones is 1. The number of hydrogen-bond acceptors (Lipinski definition) is 3. The molecule has 0 spiro atoms. The summed E-state index contributed by atoms with van der Waals surface area (Å²) in [4.78, 5) is 11.1. The van der Waals surface area contributed by atoms with Crippen molar-refractivity contribution in [1.29, 1.82) is 0 Å². The Morgan fingerprint density at radius 2 is 2.00 bits per heavy atom. The van der Waals surface area contributed by atoms with Crippen LogP contribution in [0.2, 0.25) is 0 Å². The monoisotopic (exact) mass is 190 g/mol. The fourth-order valence-corrected chi connectivity index (χ4v) is 1.39. The van der Waals surface area contributed by atoms with Crippen LogP contribution in [-0.2, 0) is 9.53 Å². The van der Waals surface area contributed by atoms with Gasteiger partial charge in [-0.1, -0.05) is 12.1 Å². The highest BCUT2D eigenvalue weighted by molar-refractivity contribution is 5.90. The molecule has 72 valence electrons. The van der Waals surface area contributed by atoms with Gasteiger partial charge in [-0.05, 0) is 17.7 Å². The summed E-state index contributed by atoms with van der Waals surface area (Å²) in [5, 5.41) is 9.09. The van der Waals surface area contributed by atoms with Crippen molar-refractivity contribution >= 4 is 5.78 Å². The molecule has 0 amide bonds. The number of carbonyl (C=O) groups is 1. The number of carbonyl (C=O) groups excluding carboxylic acids is 1. The molecular weight excluding hydrogens is 180 g/mol. The minimum atomic E-state index is -0.215. The van der Waals surface area contributed by atoms with Gasteiger partial charge in [0.1, 0.15) is 11.9 Å². The summed E-state index contributed by atoms with van der Waals surface area (Å²) in [5.41, 5.74) is 0.903. The lowest BCUT2D eigenvalue weighted by molar-refractivity contribution is -0.118. The predicted octanol–water partition coefficient (Wildman–Crippen LogP) is 1.94. The number of phenolic OH excluding ortho intramolecular Hbond substituents is 1. The van der Waals surface area contributed by atoms with Crippen molar-refractivity contribution in [2.75, 3.05) is 0 Å². The molecule has 0 radical (unpaired) electrons. The van der Waals surface area contributed by atoms with E-state index in [1.54, 1.807) is 24.3 Å². The first-order valence-electron chi connectivity index (χ1n) is 4.39. The molecule has 3 nitrogen and oxygen atoms in total. The molecule has 2 rings (SSSR count). The number of aromatic hydroxyl groups is 1. The minimum absolute atomic E-state index is 0.0642. The predicted molar refractivity (Wildman–Crippen MR) is 50.7 cm³/mol. The second-order valence-corrected chi connectivity index (χ2v) is 3.19. The number of allylic oxidation sites excluding steroid dienone is 1. The molecule has 0 saturated heterocycles. The van der Waals surface area contributed by atoms with Crippen molar-refractivity contribution in [2.45, 2.75) is 12.5 Å². The molecule has 0 aliphatic carbocycles. The van der Waals surface area contributed by atoms with Crippen LogP contribution >= 0.6 is 0 Å². The van der Waals surface area contributed by atoms with Crippen LogP contribution in [0.3, 0.4) is 0 Å². The summed E-state index contributed by atoms with van der Waals surface area (Å²) in [5.74, 6) is 0.278. The lowest BCUT2D eigenvalue weighted by Crippen LogP contribution is -2.10. The highest BCUT2D eigenvalue weighted by atomic mass is 16.5. The molecule has 0 fully saturated rings. The lowest BCUT2D eigenvalue weighted by Gasteiger charge is -2.18. The largest absolute Gasteiger partial charge is 0.508 e. The third-order valence-corrected chi connectivity index (χ3v) is 2.15. The van der Waals surface area contributed by atoms with Crippen LogP contribution in [0.5, 0.6) is 5.75 Å². The summed E-state index contributed by atoms with van der Waals surface area (Å²) in [6.07, 6.45) is 3.00. The van der Waals surface area contributed by atoms with Crippen molar-refractivity contribution in [3.05, 3.63) is 42.2 Å². The SMILES string of the molecule is O=C1C=COC(c2ccc(O)cc2)C1. The minimum Gasteiger partial charge on any atom is -0.508 e. The molecule has 1 aromatic carbocycles. The van der Waals surface area contributed by atoms with E-state index in [0.717, 1.165) is 5.56 Å². The number of phenols is 1. The highest BCUT2D eigenvalue weighted by Crippen LogP contribution is 2.26. The van der Waals surface area contributed by atoms with Gasteiger partial charge in [-0.2, -0.15) is 0 Å². The fourth-order valence-electron chi connectivity index (χ4n) is 1.39. The number of benzene rings is 1. The molecule has 0 aromatic heterocycles. The van der Waals surface area contributed by atoms with E-state index in [1.807, 2.05) is 0 Å². The zero-order valence-corrected chi connectivity index (χ0v) is 7.51. The Bertz CT molecular complexity index is 365. The van der Waals surface area contributed by atoms with E-state index in [1.165, 1.54) is 12.3 Å². The smallest absolute Gasteiger partial charge is 0.162 e. The Kier molecular flexibility index (Phi) is 2.23. The van der Waals surface area contributed by atoms with Gasteiger partial charge >= 0.3 is 0 Å². The van der Waals surface area contributed by atoms with E-state index in [2.05, 4.69) is 0 Å². The van der Waals surface area contributed by atoms with Crippen LogP contribution < -0.4 is 0 Å². The lowest BCUT2D eigenvalue weighted by atomic mass is 10.0. The van der Waals surface area contributed by atoms with Crippen molar-refractivity contribution in [3.63, 3.8) is 0 Å². The molecule has 14 heavy (non-hydrogen) atoms. The van der Waals surface area contributed by atoms with Gasteiger partial charge in [0.2, 0.25) is 0 Å². The molecule has 0 saturated carbocycles. The van der Waals surface area contributed by atoms with Gasteiger partial charge in [0.05, 0.1) is 12.7 Å².